The molecule has 1 amide bonds. The quantitative estimate of drug-likeness (QED) is 0.409. The van der Waals surface area contributed by atoms with E-state index in [0.717, 1.165) is 11.8 Å². The maximum atomic E-state index is 13.0. The number of amides is 1. The van der Waals surface area contributed by atoms with Gasteiger partial charge in [0, 0.05) is 17.8 Å². The van der Waals surface area contributed by atoms with Crippen molar-refractivity contribution in [2.24, 2.45) is 0 Å². The molecule has 140 valence electrons. The Morgan fingerprint density at radius 1 is 1.18 bits per heavy atom. The monoisotopic (exact) mass is 398 g/mol. The molecule has 9 heteroatoms. The van der Waals surface area contributed by atoms with Gasteiger partial charge in [-0.2, -0.15) is 8.97 Å². The van der Waals surface area contributed by atoms with Crippen molar-refractivity contribution in [2.75, 3.05) is 5.32 Å². The summed E-state index contributed by atoms with van der Waals surface area (Å²) in [4.78, 5) is 20.6. The number of rotatable bonds is 4. The Bertz CT molecular complexity index is 1160. The van der Waals surface area contributed by atoms with Crippen molar-refractivity contribution >= 4 is 29.0 Å². The predicted molar refractivity (Wildman–Crippen MR) is 99.8 cm³/mol. The van der Waals surface area contributed by atoms with Gasteiger partial charge in [-0.15, -0.1) is 0 Å². The first-order valence-electron chi connectivity index (χ1n) is 8.28. The predicted octanol–water partition coefficient (Wildman–Crippen LogP) is 2.82. The first-order chi connectivity index (χ1) is 13.5. The standard InChI is InChI=1S/C19H13ClFN5O2/c20-14-6-4-12(9-22-14)11-26-16-3-1-2-8-25(16)17(19(26)28)18(27)24-15-7-5-13(21)10-23-15/h1-10H,11H2,(H-,23,24,27,28)/p+1. The lowest BCUT2D eigenvalue weighted by atomic mass is 10.3. The van der Waals surface area contributed by atoms with Gasteiger partial charge in [-0.3, -0.25) is 4.79 Å². The van der Waals surface area contributed by atoms with E-state index in [1.54, 1.807) is 51.7 Å². The van der Waals surface area contributed by atoms with Crippen molar-refractivity contribution in [3.8, 4) is 5.88 Å². The maximum absolute atomic E-state index is 13.0. The summed E-state index contributed by atoms with van der Waals surface area (Å²) < 4.78 is 16.2. The lowest BCUT2D eigenvalue weighted by molar-refractivity contribution is -0.513. The molecule has 4 rings (SSSR count). The molecule has 28 heavy (non-hydrogen) atoms. The van der Waals surface area contributed by atoms with E-state index in [4.69, 9.17) is 11.6 Å². The smallest absolute Gasteiger partial charge is 0.337 e. The van der Waals surface area contributed by atoms with Gasteiger partial charge >= 0.3 is 11.8 Å². The number of imidazole rings is 1. The van der Waals surface area contributed by atoms with E-state index >= 15 is 0 Å². The molecule has 0 aliphatic rings. The van der Waals surface area contributed by atoms with Crippen LogP contribution in [0.15, 0.2) is 61.1 Å². The van der Waals surface area contributed by atoms with E-state index in [0.29, 0.717) is 10.8 Å². The Morgan fingerprint density at radius 3 is 2.75 bits per heavy atom. The molecule has 0 radical (unpaired) electrons. The highest BCUT2D eigenvalue weighted by Crippen LogP contribution is 2.21. The van der Waals surface area contributed by atoms with Gasteiger partial charge in [0.25, 0.3) is 11.3 Å². The Labute approximate surface area is 163 Å². The number of nitrogens with one attached hydrogen (secondary N) is 1. The van der Waals surface area contributed by atoms with E-state index in [1.165, 1.54) is 12.1 Å². The van der Waals surface area contributed by atoms with Crippen LogP contribution in [-0.2, 0) is 6.54 Å². The summed E-state index contributed by atoms with van der Waals surface area (Å²) in [6.07, 6.45) is 4.27. The normalized spacial score (nSPS) is 10.9. The minimum atomic E-state index is -0.578. The maximum Gasteiger partial charge on any atom is 0.337 e. The molecule has 2 N–H and O–H groups in total. The van der Waals surface area contributed by atoms with Crippen LogP contribution >= 0.6 is 11.6 Å². The van der Waals surface area contributed by atoms with Crippen LogP contribution in [0.1, 0.15) is 16.1 Å². The molecule has 0 saturated heterocycles. The molecule has 0 saturated carbocycles. The summed E-state index contributed by atoms with van der Waals surface area (Å²) >= 11 is 5.82. The highest BCUT2D eigenvalue weighted by atomic mass is 35.5. The second-order valence-electron chi connectivity index (χ2n) is 5.99. The Hall–Kier alpha value is -3.52. The van der Waals surface area contributed by atoms with E-state index in [2.05, 4.69) is 15.3 Å². The fourth-order valence-electron chi connectivity index (χ4n) is 2.86. The van der Waals surface area contributed by atoms with Gasteiger partial charge in [-0.05, 0) is 24.3 Å². The number of anilines is 1. The number of carbonyl (C=O) groups is 1. The minimum Gasteiger partial charge on any atom is -0.474 e. The zero-order valence-corrected chi connectivity index (χ0v) is 15.1. The Balaban J connectivity index is 1.74. The Kier molecular flexibility index (Phi) is 4.62. The van der Waals surface area contributed by atoms with Crippen LogP contribution in [0.25, 0.3) is 5.65 Å². The second-order valence-corrected chi connectivity index (χ2v) is 6.38. The van der Waals surface area contributed by atoms with E-state index < -0.39 is 11.7 Å². The summed E-state index contributed by atoms with van der Waals surface area (Å²) in [6.45, 7) is 0.283. The third kappa shape index (κ3) is 3.37. The van der Waals surface area contributed by atoms with Crippen LogP contribution in [0.2, 0.25) is 5.15 Å². The molecule has 0 atom stereocenters. The van der Waals surface area contributed by atoms with Crippen LogP contribution in [0.3, 0.4) is 0 Å². The van der Waals surface area contributed by atoms with Gasteiger partial charge in [-0.25, -0.2) is 14.4 Å². The van der Waals surface area contributed by atoms with Crippen molar-refractivity contribution in [3.63, 3.8) is 0 Å². The van der Waals surface area contributed by atoms with Crippen molar-refractivity contribution in [1.29, 1.82) is 0 Å². The zero-order chi connectivity index (χ0) is 19.7. The lowest BCUT2D eigenvalue weighted by Crippen LogP contribution is -2.30. The topological polar surface area (TPSA) is 84.1 Å². The van der Waals surface area contributed by atoms with Gasteiger partial charge < -0.3 is 10.4 Å². The fraction of sp³-hybridized carbons (Fsp3) is 0.0526. The molecule has 4 aromatic rings. The number of carbonyl (C=O) groups excluding carboxylic acids is 1. The van der Waals surface area contributed by atoms with Crippen LogP contribution in [-0.4, -0.2) is 25.5 Å². The molecule has 7 nitrogen and oxygen atoms in total. The fourth-order valence-corrected chi connectivity index (χ4v) is 2.97. The molecule has 0 aliphatic heterocycles. The summed E-state index contributed by atoms with van der Waals surface area (Å²) in [5, 5.41) is 13.7. The third-order valence-corrected chi connectivity index (χ3v) is 4.36. The van der Waals surface area contributed by atoms with Crippen LogP contribution in [0, 0.1) is 5.82 Å². The van der Waals surface area contributed by atoms with Gasteiger partial charge in [0.15, 0.2) is 0 Å². The second kappa shape index (κ2) is 7.24. The molecule has 4 heterocycles. The lowest BCUT2D eigenvalue weighted by Gasteiger charge is -2.01. The van der Waals surface area contributed by atoms with Gasteiger partial charge in [0.05, 0.1) is 12.4 Å². The van der Waals surface area contributed by atoms with Crippen LogP contribution < -0.4 is 9.72 Å². The van der Waals surface area contributed by atoms with Crippen molar-refractivity contribution in [1.82, 2.24) is 14.5 Å². The number of pyridine rings is 3. The summed E-state index contributed by atoms with van der Waals surface area (Å²) in [5.74, 6) is -1.14. The molecule has 0 unspecified atom stereocenters. The van der Waals surface area contributed by atoms with Crippen molar-refractivity contribution in [3.05, 3.63) is 83.3 Å². The van der Waals surface area contributed by atoms with E-state index in [1.807, 2.05) is 0 Å². The molecule has 0 spiro atoms. The van der Waals surface area contributed by atoms with E-state index in [9.17, 15) is 14.3 Å². The van der Waals surface area contributed by atoms with Crippen molar-refractivity contribution < 1.29 is 18.7 Å². The van der Waals surface area contributed by atoms with Crippen LogP contribution in [0.4, 0.5) is 10.2 Å². The number of aromatic nitrogens is 4. The molecule has 0 bridgehead atoms. The molecule has 0 aliphatic carbocycles. The highest BCUT2D eigenvalue weighted by molar-refractivity contribution is 6.29. The van der Waals surface area contributed by atoms with E-state index in [-0.39, 0.29) is 23.9 Å². The first kappa shape index (κ1) is 17.9. The van der Waals surface area contributed by atoms with Crippen LogP contribution in [0.5, 0.6) is 5.88 Å². The summed E-state index contributed by atoms with van der Waals surface area (Å²) in [7, 11) is 0. The summed E-state index contributed by atoms with van der Waals surface area (Å²) in [5.41, 5.74) is 1.43. The molecular weight excluding hydrogens is 385 g/mol. The van der Waals surface area contributed by atoms with Gasteiger partial charge in [0.1, 0.15) is 23.3 Å². The number of nitrogens with zero attached hydrogens (tertiary/aromatic N) is 4. The van der Waals surface area contributed by atoms with Crippen molar-refractivity contribution in [2.45, 2.75) is 6.54 Å². The molecule has 0 aromatic carbocycles. The van der Waals surface area contributed by atoms with Gasteiger partial charge in [0.2, 0.25) is 0 Å². The Morgan fingerprint density at radius 2 is 2.04 bits per heavy atom. The SMILES string of the molecule is O=C(Nc1ccc(F)cn1)c1c(O)n(Cc2ccc(Cl)nc2)c2cccc[n+]12. The molecular formula is C19H14ClFN5O2+. The summed E-state index contributed by atoms with van der Waals surface area (Å²) in [6, 6.07) is 11.3. The molecule has 0 fully saturated rings. The van der Waals surface area contributed by atoms with Gasteiger partial charge in [-0.1, -0.05) is 23.7 Å². The number of aromatic hydroxyl groups is 1. The number of fused-ring (bicyclic) bond motifs is 1. The third-order valence-electron chi connectivity index (χ3n) is 4.14. The molecule has 4 aromatic heterocycles. The minimum absolute atomic E-state index is 0.0312. The number of halogens is 2. The average molecular weight is 399 g/mol. The average Bonchev–Trinajstić information content (AvgIpc) is 2.97. The largest absolute Gasteiger partial charge is 0.474 e. The number of hydrogen-bond acceptors (Lipinski definition) is 4. The first-order valence-corrected chi connectivity index (χ1v) is 8.66. The zero-order valence-electron chi connectivity index (χ0n) is 14.4. The number of hydrogen-bond donors (Lipinski definition) is 2. The highest BCUT2D eigenvalue weighted by Gasteiger charge is 2.31.